The van der Waals surface area contributed by atoms with Gasteiger partial charge in [-0.2, -0.15) is 0 Å². The SMILES string of the molecule is CCOC(=O)N1CC[C@H]2[C@@H](C1)c1cccc3c1N2C(C)(C)C(=O)N3Cc1ccc(OC)cc1. The van der Waals surface area contributed by atoms with Crippen LogP contribution in [0.5, 0.6) is 5.75 Å². The normalized spacial score (nSPS) is 22.7. The van der Waals surface area contributed by atoms with E-state index in [-0.39, 0.29) is 24.0 Å². The lowest BCUT2D eigenvalue weighted by Crippen LogP contribution is -2.63. The Morgan fingerprint density at radius 1 is 1.15 bits per heavy atom. The van der Waals surface area contributed by atoms with E-state index >= 15 is 0 Å². The molecule has 1 saturated heterocycles. The Morgan fingerprint density at radius 3 is 2.61 bits per heavy atom. The summed E-state index contributed by atoms with van der Waals surface area (Å²) in [7, 11) is 1.65. The summed E-state index contributed by atoms with van der Waals surface area (Å²) in [5.74, 6) is 1.05. The van der Waals surface area contributed by atoms with E-state index < -0.39 is 5.54 Å². The predicted molar refractivity (Wildman–Crippen MR) is 127 cm³/mol. The van der Waals surface area contributed by atoms with Gasteiger partial charge in [-0.05, 0) is 56.5 Å². The molecule has 3 heterocycles. The Hall–Kier alpha value is -3.22. The second-order valence-corrected chi connectivity index (χ2v) is 9.49. The maximum atomic E-state index is 13.8. The van der Waals surface area contributed by atoms with Crippen molar-refractivity contribution in [2.75, 3.05) is 36.6 Å². The molecule has 2 aromatic carbocycles. The van der Waals surface area contributed by atoms with Crippen molar-refractivity contribution < 1.29 is 19.1 Å². The molecule has 0 aromatic heterocycles. The molecule has 5 rings (SSSR count). The summed E-state index contributed by atoms with van der Waals surface area (Å²) in [6.07, 6.45) is 0.561. The van der Waals surface area contributed by atoms with Crippen molar-refractivity contribution in [1.29, 1.82) is 0 Å². The number of benzene rings is 2. The number of anilines is 2. The Labute approximate surface area is 194 Å². The van der Waals surface area contributed by atoms with E-state index in [1.54, 1.807) is 7.11 Å². The second kappa shape index (κ2) is 7.97. The van der Waals surface area contributed by atoms with Crippen LogP contribution in [0.4, 0.5) is 16.2 Å². The summed E-state index contributed by atoms with van der Waals surface area (Å²) in [4.78, 5) is 32.3. The minimum absolute atomic E-state index is 0.0939. The van der Waals surface area contributed by atoms with Crippen LogP contribution in [0.1, 0.15) is 44.2 Å². The van der Waals surface area contributed by atoms with E-state index in [4.69, 9.17) is 9.47 Å². The number of carbonyl (C=O) groups excluding carboxylic acids is 2. The summed E-state index contributed by atoms with van der Waals surface area (Å²) in [6, 6.07) is 14.3. The van der Waals surface area contributed by atoms with Crippen molar-refractivity contribution in [3.05, 3.63) is 53.6 Å². The topological polar surface area (TPSA) is 62.3 Å². The molecule has 33 heavy (non-hydrogen) atoms. The number of likely N-dealkylation sites (tertiary alicyclic amines) is 1. The van der Waals surface area contributed by atoms with Gasteiger partial charge in [0.25, 0.3) is 5.91 Å². The molecule has 0 bridgehead atoms. The van der Waals surface area contributed by atoms with E-state index in [1.165, 1.54) is 5.56 Å². The van der Waals surface area contributed by atoms with E-state index in [9.17, 15) is 9.59 Å². The molecular weight excluding hydrogens is 418 g/mol. The number of methoxy groups -OCH3 is 1. The zero-order chi connectivity index (χ0) is 23.3. The molecule has 0 unspecified atom stereocenters. The Morgan fingerprint density at radius 2 is 1.91 bits per heavy atom. The quantitative estimate of drug-likeness (QED) is 0.702. The summed E-state index contributed by atoms with van der Waals surface area (Å²) in [6.45, 7) is 8.00. The summed E-state index contributed by atoms with van der Waals surface area (Å²) < 4.78 is 10.5. The van der Waals surface area contributed by atoms with Crippen molar-refractivity contribution >= 4 is 23.4 Å². The van der Waals surface area contributed by atoms with Gasteiger partial charge in [0, 0.05) is 25.0 Å². The van der Waals surface area contributed by atoms with Gasteiger partial charge < -0.3 is 24.2 Å². The third-order valence-corrected chi connectivity index (χ3v) is 7.28. The van der Waals surface area contributed by atoms with Crippen LogP contribution in [-0.2, 0) is 16.1 Å². The van der Waals surface area contributed by atoms with Crippen LogP contribution < -0.4 is 14.5 Å². The Bertz CT molecular complexity index is 1080. The van der Waals surface area contributed by atoms with E-state index in [0.29, 0.717) is 26.2 Å². The van der Waals surface area contributed by atoms with Gasteiger partial charge in [0.05, 0.1) is 31.6 Å². The first-order valence-electron chi connectivity index (χ1n) is 11.7. The summed E-state index contributed by atoms with van der Waals surface area (Å²) in [5.41, 5.74) is 3.67. The summed E-state index contributed by atoms with van der Waals surface area (Å²) in [5, 5.41) is 0. The van der Waals surface area contributed by atoms with Gasteiger partial charge in [0.1, 0.15) is 11.3 Å². The fraction of sp³-hybridized carbons (Fsp3) is 0.462. The molecule has 1 fully saturated rings. The van der Waals surface area contributed by atoms with Gasteiger partial charge in [-0.3, -0.25) is 4.79 Å². The smallest absolute Gasteiger partial charge is 0.409 e. The van der Waals surface area contributed by atoms with Crippen LogP contribution in [0.3, 0.4) is 0 Å². The third kappa shape index (κ3) is 3.33. The lowest BCUT2D eigenvalue weighted by molar-refractivity contribution is -0.123. The van der Waals surface area contributed by atoms with Crippen LogP contribution in [0.15, 0.2) is 42.5 Å². The maximum absolute atomic E-state index is 13.8. The van der Waals surface area contributed by atoms with Crippen LogP contribution in [0.25, 0.3) is 0 Å². The molecule has 7 nitrogen and oxygen atoms in total. The molecule has 0 N–H and O–H groups in total. The van der Waals surface area contributed by atoms with Crippen molar-refractivity contribution in [3.63, 3.8) is 0 Å². The van der Waals surface area contributed by atoms with Crippen molar-refractivity contribution in [2.24, 2.45) is 0 Å². The average Bonchev–Trinajstić information content (AvgIpc) is 3.17. The highest BCUT2D eigenvalue weighted by atomic mass is 16.6. The molecule has 2 aromatic rings. The van der Waals surface area contributed by atoms with Crippen molar-refractivity contribution in [2.45, 2.75) is 51.2 Å². The van der Waals surface area contributed by atoms with Crippen LogP contribution >= 0.6 is 0 Å². The highest BCUT2D eigenvalue weighted by Crippen LogP contribution is 2.55. The number of carbonyl (C=O) groups is 2. The van der Waals surface area contributed by atoms with Gasteiger partial charge in [0.15, 0.2) is 0 Å². The van der Waals surface area contributed by atoms with Gasteiger partial charge in [0.2, 0.25) is 0 Å². The van der Waals surface area contributed by atoms with E-state index in [2.05, 4.69) is 11.0 Å². The number of rotatable bonds is 4. The zero-order valence-electron chi connectivity index (χ0n) is 19.7. The molecule has 0 spiro atoms. The zero-order valence-corrected chi connectivity index (χ0v) is 19.7. The van der Waals surface area contributed by atoms with Crippen molar-refractivity contribution in [1.82, 2.24) is 4.90 Å². The molecule has 3 aliphatic rings. The number of fused-ring (bicyclic) bond motifs is 3. The molecule has 0 radical (unpaired) electrons. The second-order valence-electron chi connectivity index (χ2n) is 9.49. The van der Waals surface area contributed by atoms with Gasteiger partial charge >= 0.3 is 6.09 Å². The molecule has 0 saturated carbocycles. The number of hydrogen-bond acceptors (Lipinski definition) is 5. The fourth-order valence-corrected chi connectivity index (χ4v) is 5.74. The predicted octanol–water partition coefficient (Wildman–Crippen LogP) is 4.16. The lowest BCUT2D eigenvalue weighted by Gasteiger charge is -2.50. The third-order valence-electron chi connectivity index (χ3n) is 7.28. The van der Waals surface area contributed by atoms with Gasteiger partial charge in [-0.25, -0.2) is 4.79 Å². The highest BCUT2D eigenvalue weighted by molar-refractivity contribution is 6.09. The minimum Gasteiger partial charge on any atom is -0.497 e. The molecule has 3 aliphatic heterocycles. The highest BCUT2D eigenvalue weighted by Gasteiger charge is 2.55. The first-order chi connectivity index (χ1) is 15.9. The number of nitrogens with zero attached hydrogens (tertiary/aromatic N) is 3. The largest absolute Gasteiger partial charge is 0.497 e. The lowest BCUT2D eigenvalue weighted by atomic mass is 9.88. The maximum Gasteiger partial charge on any atom is 0.409 e. The van der Waals surface area contributed by atoms with E-state index in [1.807, 2.05) is 67.0 Å². The first-order valence-corrected chi connectivity index (χ1v) is 11.7. The molecule has 7 heteroatoms. The molecular formula is C26H31N3O4. The Balaban J connectivity index is 1.53. The number of hydrogen-bond donors (Lipinski definition) is 0. The molecule has 0 aliphatic carbocycles. The van der Waals surface area contributed by atoms with E-state index in [0.717, 1.165) is 29.1 Å². The Kier molecular flexibility index (Phi) is 5.22. The number of ether oxygens (including phenoxy) is 2. The van der Waals surface area contributed by atoms with Crippen LogP contribution in [0.2, 0.25) is 0 Å². The fourth-order valence-electron chi connectivity index (χ4n) is 5.74. The number of para-hydroxylation sites is 1. The number of amides is 2. The number of piperidine rings is 1. The summed E-state index contributed by atoms with van der Waals surface area (Å²) >= 11 is 0. The van der Waals surface area contributed by atoms with Crippen LogP contribution in [-0.4, -0.2) is 55.3 Å². The van der Waals surface area contributed by atoms with Crippen molar-refractivity contribution in [3.8, 4) is 5.75 Å². The van der Waals surface area contributed by atoms with Gasteiger partial charge in [-0.15, -0.1) is 0 Å². The molecule has 2 atom stereocenters. The minimum atomic E-state index is -0.679. The molecule has 2 amide bonds. The molecule has 174 valence electrons. The standard InChI is InChI=1S/C26H31N3O4/c1-5-33-25(31)27-14-13-21-20(16-27)19-7-6-8-22-23(19)29(21)26(2,3)24(30)28(22)15-17-9-11-18(32-4)12-10-17/h6-12,20-21H,5,13-16H2,1-4H3/t20-,21-/m0/s1. The first kappa shape index (κ1) is 21.6. The average molecular weight is 450 g/mol. The monoisotopic (exact) mass is 449 g/mol. The van der Waals surface area contributed by atoms with Gasteiger partial charge in [-0.1, -0.05) is 24.3 Å². The van der Waals surface area contributed by atoms with Crippen LogP contribution in [0, 0.1) is 0 Å².